The minimum absolute atomic E-state index is 0.0450. The molecule has 4 fully saturated rings. The number of hydrogen-bond donors (Lipinski definition) is 2. The van der Waals surface area contributed by atoms with E-state index in [1.54, 1.807) is 0 Å². The van der Waals surface area contributed by atoms with E-state index in [2.05, 4.69) is 30.1 Å². The summed E-state index contributed by atoms with van der Waals surface area (Å²) in [5.41, 5.74) is 1.99. The number of amides is 1. The number of rotatable bonds is 5. The van der Waals surface area contributed by atoms with Gasteiger partial charge in [-0.15, -0.1) is 0 Å². The fourth-order valence-corrected chi connectivity index (χ4v) is 6.64. The number of nitrogens with zero attached hydrogens (tertiary/aromatic N) is 1. The number of anilines is 1. The van der Waals surface area contributed by atoms with Gasteiger partial charge in [-0.1, -0.05) is 0 Å². The predicted octanol–water partition coefficient (Wildman–Crippen LogP) is 4.46. The van der Waals surface area contributed by atoms with E-state index in [1.807, 2.05) is 18.2 Å². The second kappa shape index (κ2) is 6.89. The Hall–Kier alpha value is -2.30. The van der Waals surface area contributed by atoms with Crippen LogP contribution in [0.25, 0.3) is 11.0 Å². The SMILES string of the molecule is CCN(CC)c1ccc2cc(C(=O)NC34CC5CC(CC(C5)C3)C4)c(=N)oc2c1. The summed E-state index contributed by atoms with van der Waals surface area (Å²) in [6, 6.07) is 7.85. The minimum atomic E-state index is -0.143. The van der Waals surface area contributed by atoms with Crippen molar-refractivity contribution in [3.05, 3.63) is 35.4 Å². The Morgan fingerprint density at radius 3 is 2.31 bits per heavy atom. The predicted molar refractivity (Wildman–Crippen MR) is 114 cm³/mol. The highest BCUT2D eigenvalue weighted by molar-refractivity contribution is 5.97. The Morgan fingerprint density at radius 2 is 1.72 bits per heavy atom. The topological polar surface area (TPSA) is 69.3 Å². The van der Waals surface area contributed by atoms with E-state index in [1.165, 1.54) is 19.3 Å². The van der Waals surface area contributed by atoms with E-state index in [9.17, 15) is 4.79 Å². The van der Waals surface area contributed by atoms with Crippen molar-refractivity contribution in [1.82, 2.24) is 5.32 Å². The van der Waals surface area contributed by atoms with Gasteiger partial charge >= 0.3 is 0 Å². The second-order valence-electron chi connectivity index (χ2n) is 9.54. The van der Waals surface area contributed by atoms with Crippen LogP contribution in [0.3, 0.4) is 0 Å². The Balaban J connectivity index is 1.42. The molecular formula is C24H31N3O2. The molecule has 1 amide bonds. The van der Waals surface area contributed by atoms with Crippen molar-refractivity contribution in [2.45, 2.75) is 57.9 Å². The molecule has 4 saturated carbocycles. The molecule has 6 rings (SSSR count). The van der Waals surface area contributed by atoms with Crippen molar-refractivity contribution >= 4 is 22.6 Å². The third-order valence-corrected chi connectivity index (χ3v) is 7.54. The molecule has 0 radical (unpaired) electrons. The van der Waals surface area contributed by atoms with E-state index < -0.39 is 0 Å². The Morgan fingerprint density at radius 1 is 1.10 bits per heavy atom. The maximum Gasteiger partial charge on any atom is 0.257 e. The van der Waals surface area contributed by atoms with Gasteiger partial charge < -0.3 is 14.6 Å². The number of fused-ring (bicyclic) bond motifs is 1. The molecular weight excluding hydrogens is 362 g/mol. The normalized spacial score (nSPS) is 29.9. The van der Waals surface area contributed by atoms with Gasteiger partial charge in [-0.25, -0.2) is 0 Å². The third-order valence-electron chi connectivity index (χ3n) is 7.54. The molecule has 5 nitrogen and oxygen atoms in total. The summed E-state index contributed by atoms with van der Waals surface area (Å²) in [7, 11) is 0. The summed E-state index contributed by atoms with van der Waals surface area (Å²) in [6.45, 7) is 6.08. The average Bonchev–Trinajstić information content (AvgIpc) is 2.66. The van der Waals surface area contributed by atoms with Gasteiger partial charge in [0.25, 0.3) is 5.91 Å². The van der Waals surface area contributed by atoms with E-state index in [0.29, 0.717) is 11.1 Å². The first-order valence-corrected chi connectivity index (χ1v) is 11.2. The fourth-order valence-electron chi connectivity index (χ4n) is 6.64. The molecule has 1 heterocycles. The molecule has 1 aromatic heterocycles. The maximum atomic E-state index is 13.2. The van der Waals surface area contributed by atoms with Crippen molar-refractivity contribution in [2.75, 3.05) is 18.0 Å². The van der Waals surface area contributed by atoms with Crippen LogP contribution in [0, 0.1) is 23.2 Å². The van der Waals surface area contributed by atoms with E-state index in [0.717, 1.165) is 61.2 Å². The van der Waals surface area contributed by atoms with Crippen molar-refractivity contribution < 1.29 is 9.21 Å². The van der Waals surface area contributed by atoms with Crippen molar-refractivity contribution in [3.8, 4) is 0 Å². The molecule has 0 spiro atoms. The lowest BCUT2D eigenvalue weighted by molar-refractivity contribution is -0.0167. The highest BCUT2D eigenvalue weighted by atomic mass is 16.3. The zero-order valence-electron chi connectivity index (χ0n) is 17.5. The Bertz CT molecular complexity index is 970. The van der Waals surface area contributed by atoms with E-state index in [-0.39, 0.29) is 17.0 Å². The first kappa shape index (κ1) is 18.7. The van der Waals surface area contributed by atoms with Crippen LogP contribution in [0.15, 0.2) is 28.7 Å². The molecule has 4 aliphatic carbocycles. The molecule has 2 aromatic rings. The number of benzene rings is 1. The zero-order valence-corrected chi connectivity index (χ0v) is 17.5. The zero-order chi connectivity index (χ0) is 20.2. The van der Waals surface area contributed by atoms with Gasteiger partial charge in [0.2, 0.25) is 5.55 Å². The van der Waals surface area contributed by atoms with Crippen LogP contribution in [0.1, 0.15) is 62.7 Å². The first-order valence-electron chi connectivity index (χ1n) is 11.2. The lowest BCUT2D eigenvalue weighted by atomic mass is 9.53. The summed E-state index contributed by atoms with van der Waals surface area (Å²) in [5.74, 6) is 2.18. The number of nitrogens with one attached hydrogen (secondary N) is 2. The molecule has 0 saturated heterocycles. The van der Waals surface area contributed by atoms with Gasteiger partial charge in [-0.3, -0.25) is 10.2 Å². The quantitative estimate of drug-likeness (QED) is 0.788. The highest BCUT2D eigenvalue weighted by Gasteiger charge is 2.51. The number of carbonyl (C=O) groups excluding carboxylic acids is 1. The third kappa shape index (κ3) is 3.24. The Labute approximate surface area is 172 Å². The summed E-state index contributed by atoms with van der Waals surface area (Å²) >= 11 is 0. The Kier molecular flexibility index (Phi) is 4.45. The highest BCUT2D eigenvalue weighted by Crippen LogP contribution is 2.55. The number of carbonyl (C=O) groups is 1. The lowest BCUT2D eigenvalue weighted by Crippen LogP contribution is -2.60. The van der Waals surface area contributed by atoms with Gasteiger partial charge in [-0.05, 0) is 88.3 Å². The van der Waals surface area contributed by atoms with Crippen LogP contribution in [-0.4, -0.2) is 24.5 Å². The summed E-state index contributed by atoms with van der Waals surface area (Å²) in [5, 5.41) is 12.6. The minimum Gasteiger partial charge on any atom is -0.438 e. The van der Waals surface area contributed by atoms with Crippen LogP contribution in [0.5, 0.6) is 0 Å². The molecule has 2 N–H and O–H groups in total. The number of hydrogen-bond acceptors (Lipinski definition) is 4. The average molecular weight is 394 g/mol. The molecule has 0 aliphatic heterocycles. The van der Waals surface area contributed by atoms with Crippen molar-refractivity contribution in [2.24, 2.45) is 17.8 Å². The molecule has 4 bridgehead atoms. The molecule has 29 heavy (non-hydrogen) atoms. The van der Waals surface area contributed by atoms with E-state index in [4.69, 9.17) is 9.83 Å². The molecule has 4 aliphatic rings. The van der Waals surface area contributed by atoms with Gasteiger partial charge in [0.1, 0.15) is 11.1 Å². The van der Waals surface area contributed by atoms with Crippen molar-refractivity contribution in [1.29, 1.82) is 5.41 Å². The van der Waals surface area contributed by atoms with Crippen molar-refractivity contribution in [3.63, 3.8) is 0 Å². The van der Waals surface area contributed by atoms with Crippen LogP contribution in [0.4, 0.5) is 5.69 Å². The van der Waals surface area contributed by atoms with E-state index >= 15 is 0 Å². The second-order valence-corrected chi connectivity index (χ2v) is 9.54. The van der Waals surface area contributed by atoms with Crippen LogP contribution >= 0.6 is 0 Å². The lowest BCUT2D eigenvalue weighted by Gasteiger charge is -2.56. The first-order chi connectivity index (χ1) is 14.0. The van der Waals surface area contributed by atoms with Gasteiger partial charge in [-0.2, -0.15) is 0 Å². The molecule has 5 heteroatoms. The van der Waals surface area contributed by atoms with Crippen LogP contribution in [0.2, 0.25) is 0 Å². The van der Waals surface area contributed by atoms with Gasteiger partial charge in [0, 0.05) is 35.8 Å². The monoisotopic (exact) mass is 393 g/mol. The summed E-state index contributed by atoms with van der Waals surface area (Å²) < 4.78 is 5.79. The van der Waals surface area contributed by atoms with Gasteiger partial charge in [0.05, 0.1) is 0 Å². The summed E-state index contributed by atoms with van der Waals surface area (Å²) in [4.78, 5) is 15.4. The van der Waals surface area contributed by atoms with Crippen LogP contribution in [-0.2, 0) is 0 Å². The largest absolute Gasteiger partial charge is 0.438 e. The summed E-state index contributed by atoms with van der Waals surface area (Å²) in [6.07, 6.45) is 7.36. The van der Waals surface area contributed by atoms with Crippen LogP contribution < -0.4 is 15.8 Å². The maximum absolute atomic E-state index is 13.2. The fraction of sp³-hybridized carbons (Fsp3) is 0.583. The smallest absolute Gasteiger partial charge is 0.257 e. The van der Waals surface area contributed by atoms with Gasteiger partial charge in [0.15, 0.2) is 0 Å². The molecule has 1 aromatic carbocycles. The molecule has 154 valence electrons. The molecule has 0 atom stereocenters. The standard InChI is InChI=1S/C24H31N3O2/c1-3-27(4-2)19-6-5-18-10-20(22(25)29-21(18)11-19)23(28)26-24-12-15-7-16(13-24)9-17(8-15)14-24/h5-6,10-11,15-17,25H,3-4,7-9,12-14H2,1-2H3,(H,26,28). The molecule has 0 unspecified atom stereocenters.